The van der Waals surface area contributed by atoms with Gasteiger partial charge in [-0.15, -0.1) is 11.8 Å². The molecule has 4 rings (SSSR count). The van der Waals surface area contributed by atoms with E-state index in [1.54, 1.807) is 32.0 Å². The summed E-state index contributed by atoms with van der Waals surface area (Å²) in [6.07, 6.45) is -1.57. The molecule has 4 atom stereocenters. The molecule has 4 amide bonds. The highest BCUT2D eigenvalue weighted by Gasteiger charge is 2.43. The Hall–Kier alpha value is -4.81. The van der Waals surface area contributed by atoms with Gasteiger partial charge in [0.15, 0.2) is 12.7 Å². The third-order valence-electron chi connectivity index (χ3n) is 7.83. The summed E-state index contributed by atoms with van der Waals surface area (Å²) in [6.45, 7) is 12.7. The number of benzene rings is 3. The van der Waals surface area contributed by atoms with Crippen molar-refractivity contribution in [1.29, 1.82) is 0 Å². The molecule has 12 heteroatoms. The first-order valence-corrected chi connectivity index (χ1v) is 17.5. The van der Waals surface area contributed by atoms with Gasteiger partial charge in [-0.05, 0) is 62.9 Å². The van der Waals surface area contributed by atoms with E-state index in [9.17, 15) is 24.3 Å². The number of aliphatic hydroxyl groups excluding tert-OH is 1. The number of thioether (sulfide) groups is 1. The number of carbonyl (C=O) groups excluding carboxylic acids is 4. The number of ether oxygens (including phenoxy) is 1. The molecule has 1 fully saturated rings. The number of anilines is 2. The van der Waals surface area contributed by atoms with Crippen LogP contribution in [0.15, 0.2) is 96.4 Å². The van der Waals surface area contributed by atoms with E-state index in [1.807, 2.05) is 87.5 Å². The average Bonchev–Trinajstić information content (AvgIpc) is 3.46. The van der Waals surface area contributed by atoms with Crippen molar-refractivity contribution in [3.8, 4) is 5.75 Å². The van der Waals surface area contributed by atoms with Gasteiger partial charge in [-0.1, -0.05) is 75.0 Å². The van der Waals surface area contributed by atoms with Crippen molar-refractivity contribution in [2.75, 3.05) is 17.8 Å². The van der Waals surface area contributed by atoms with Crippen LogP contribution in [0.1, 0.15) is 40.2 Å². The van der Waals surface area contributed by atoms with Gasteiger partial charge in [0.05, 0.1) is 11.9 Å². The van der Waals surface area contributed by atoms with Crippen LogP contribution in [0.5, 0.6) is 5.75 Å². The topological polar surface area (TPSA) is 149 Å². The fraction of sp³-hybridized carbons (Fsp3) is 0.368. The van der Waals surface area contributed by atoms with Crippen LogP contribution < -0.4 is 26.0 Å². The summed E-state index contributed by atoms with van der Waals surface area (Å²) in [5.74, 6) is -1.96. The molecular weight excluding hydrogens is 655 g/mol. The van der Waals surface area contributed by atoms with Crippen LogP contribution in [-0.4, -0.2) is 75.9 Å². The molecule has 11 nitrogen and oxygen atoms in total. The fourth-order valence-corrected chi connectivity index (χ4v) is 6.34. The van der Waals surface area contributed by atoms with Crippen LogP contribution in [0, 0.1) is 5.92 Å². The van der Waals surface area contributed by atoms with E-state index in [-0.39, 0.29) is 24.8 Å². The Balaban J connectivity index is 1.44. The maximum atomic E-state index is 13.8. The predicted molar refractivity (Wildman–Crippen MR) is 197 cm³/mol. The number of nitrogens with one attached hydrogen (secondary N) is 4. The molecule has 50 heavy (non-hydrogen) atoms. The van der Waals surface area contributed by atoms with Gasteiger partial charge in [-0.3, -0.25) is 19.2 Å². The number of carbonyl (C=O) groups is 4. The summed E-state index contributed by atoms with van der Waals surface area (Å²) in [5.41, 5.74) is 1.91. The number of rotatable bonds is 14. The minimum Gasteiger partial charge on any atom is -0.484 e. The lowest BCUT2D eigenvalue weighted by Gasteiger charge is -2.32. The Morgan fingerprint density at radius 2 is 1.58 bits per heavy atom. The lowest BCUT2D eigenvalue weighted by molar-refractivity contribution is -0.146. The Kier molecular flexibility index (Phi) is 13.1. The van der Waals surface area contributed by atoms with Crippen molar-refractivity contribution < 1.29 is 29.0 Å². The molecule has 0 unspecified atom stereocenters. The third-order valence-corrected chi connectivity index (χ3v) is 8.83. The minimum absolute atomic E-state index is 0.121. The van der Waals surface area contributed by atoms with Gasteiger partial charge in [0.2, 0.25) is 11.8 Å². The molecule has 0 bridgehead atoms. The van der Waals surface area contributed by atoms with Gasteiger partial charge in [-0.2, -0.15) is 0 Å². The Labute approximate surface area is 298 Å². The average molecular weight is 702 g/mol. The molecule has 5 N–H and O–H groups in total. The highest BCUT2D eigenvalue weighted by Crippen LogP contribution is 2.33. The largest absolute Gasteiger partial charge is 0.484 e. The normalized spacial score (nSPS) is 16.3. The second-order valence-electron chi connectivity index (χ2n) is 13.5. The molecule has 1 saturated heterocycles. The SMILES string of the molecule is C=C1SCN(C(=O)[C@@H](O)[C@H](Cc2ccccc2)NC(=O)[C@@H](NC(=O)COc2cccc(Nc3ccccc3)c2)C(C)C)[C@@H]1C(=O)NC(C)(C)C. The summed E-state index contributed by atoms with van der Waals surface area (Å²) in [7, 11) is 0. The summed E-state index contributed by atoms with van der Waals surface area (Å²) in [5, 5.41) is 23.2. The minimum atomic E-state index is -1.70. The van der Waals surface area contributed by atoms with Crippen LogP contribution in [0.3, 0.4) is 0 Å². The second kappa shape index (κ2) is 17.2. The molecule has 1 aliphatic heterocycles. The zero-order valence-corrected chi connectivity index (χ0v) is 30.0. The number of nitrogens with zero attached hydrogens (tertiary/aromatic N) is 1. The molecule has 266 valence electrons. The smallest absolute Gasteiger partial charge is 0.258 e. The molecule has 0 spiro atoms. The van der Waals surface area contributed by atoms with Crippen molar-refractivity contribution in [2.45, 2.75) is 70.8 Å². The van der Waals surface area contributed by atoms with Gasteiger partial charge in [0, 0.05) is 27.9 Å². The lowest BCUT2D eigenvalue weighted by atomic mass is 9.97. The zero-order valence-electron chi connectivity index (χ0n) is 29.1. The maximum absolute atomic E-state index is 13.8. The van der Waals surface area contributed by atoms with Crippen molar-refractivity contribution >= 4 is 46.8 Å². The van der Waals surface area contributed by atoms with Crippen molar-refractivity contribution in [1.82, 2.24) is 20.9 Å². The van der Waals surface area contributed by atoms with Crippen molar-refractivity contribution in [3.05, 3.63) is 102 Å². The molecule has 1 heterocycles. The van der Waals surface area contributed by atoms with E-state index >= 15 is 0 Å². The highest BCUT2D eigenvalue weighted by molar-refractivity contribution is 8.03. The molecule has 0 aromatic heterocycles. The van der Waals surface area contributed by atoms with E-state index in [4.69, 9.17) is 4.74 Å². The van der Waals surface area contributed by atoms with Gasteiger partial charge >= 0.3 is 0 Å². The van der Waals surface area contributed by atoms with Crippen LogP contribution in [0.4, 0.5) is 11.4 Å². The Morgan fingerprint density at radius 1 is 0.940 bits per heavy atom. The zero-order chi connectivity index (χ0) is 36.4. The first-order valence-electron chi connectivity index (χ1n) is 16.5. The van der Waals surface area contributed by atoms with Gasteiger partial charge < -0.3 is 36.0 Å². The molecule has 3 aromatic rings. The highest BCUT2D eigenvalue weighted by atomic mass is 32.2. The number of amides is 4. The standard InChI is InChI=1S/C38H47N5O6S/c1-24(2)32(41-31(44)22-49-29-19-13-18-28(21-29)39-27-16-11-8-12-17-27)35(46)40-30(20-26-14-9-7-10-15-26)34(45)37(48)43-23-50-25(3)33(43)36(47)42-38(4,5)6/h7-19,21,24,30,32-34,39,45H,3,20,22-23H2,1-2,4-6H3,(H,40,46)(H,41,44)(H,42,47)/t30-,32-,33-,34-/m0/s1. The predicted octanol–water partition coefficient (Wildman–Crippen LogP) is 4.37. The summed E-state index contributed by atoms with van der Waals surface area (Å²) in [4.78, 5) is 55.5. The van der Waals surface area contributed by atoms with Crippen molar-refractivity contribution in [3.63, 3.8) is 0 Å². The van der Waals surface area contributed by atoms with Gasteiger partial charge in [-0.25, -0.2) is 0 Å². The second-order valence-corrected chi connectivity index (χ2v) is 14.6. The molecule has 1 aliphatic rings. The van der Waals surface area contributed by atoms with Crippen LogP contribution in [0.2, 0.25) is 0 Å². The van der Waals surface area contributed by atoms with Crippen molar-refractivity contribution in [2.24, 2.45) is 5.92 Å². The van der Waals surface area contributed by atoms with E-state index in [0.717, 1.165) is 16.9 Å². The number of hydrogen-bond donors (Lipinski definition) is 5. The lowest BCUT2D eigenvalue weighted by Crippen LogP contribution is -2.59. The Bertz CT molecular complexity index is 1650. The third kappa shape index (κ3) is 10.8. The van der Waals surface area contributed by atoms with Crippen LogP contribution >= 0.6 is 11.8 Å². The van der Waals surface area contributed by atoms with E-state index in [1.165, 1.54) is 16.7 Å². The monoisotopic (exact) mass is 701 g/mol. The molecule has 0 radical (unpaired) electrons. The fourth-order valence-electron chi connectivity index (χ4n) is 5.37. The summed E-state index contributed by atoms with van der Waals surface area (Å²) in [6, 6.07) is 22.9. The number of hydrogen-bond acceptors (Lipinski definition) is 8. The molecule has 0 aliphatic carbocycles. The molecular formula is C38H47N5O6S. The molecule has 3 aromatic carbocycles. The summed E-state index contributed by atoms with van der Waals surface area (Å²) >= 11 is 1.25. The Morgan fingerprint density at radius 3 is 2.22 bits per heavy atom. The van der Waals surface area contributed by atoms with E-state index in [0.29, 0.717) is 10.7 Å². The van der Waals surface area contributed by atoms with Crippen LogP contribution in [-0.2, 0) is 25.6 Å². The quantitative estimate of drug-likeness (QED) is 0.167. The van der Waals surface area contributed by atoms with E-state index in [2.05, 4.69) is 27.8 Å². The van der Waals surface area contributed by atoms with Gasteiger partial charge in [0.25, 0.3) is 11.8 Å². The maximum Gasteiger partial charge on any atom is 0.258 e. The van der Waals surface area contributed by atoms with E-state index < -0.39 is 53.4 Å². The number of para-hydroxylation sites is 1. The summed E-state index contributed by atoms with van der Waals surface area (Å²) < 4.78 is 5.75. The van der Waals surface area contributed by atoms with Gasteiger partial charge in [0.1, 0.15) is 17.8 Å². The molecule has 0 saturated carbocycles. The van der Waals surface area contributed by atoms with Crippen LogP contribution in [0.25, 0.3) is 0 Å². The first-order chi connectivity index (χ1) is 23.7. The number of aliphatic hydroxyl groups is 1. The first kappa shape index (κ1) is 38.0.